The zero-order valence-corrected chi connectivity index (χ0v) is 17.1. The maximum absolute atomic E-state index is 11.8. The summed E-state index contributed by atoms with van der Waals surface area (Å²) < 4.78 is 19.4. The van der Waals surface area contributed by atoms with E-state index in [1.54, 1.807) is 6.92 Å². The smallest absolute Gasteiger partial charge is 0.158 e. The fourth-order valence-corrected chi connectivity index (χ4v) is 4.82. The van der Waals surface area contributed by atoms with Gasteiger partial charge in [-0.2, -0.15) is 0 Å². The number of hydrogen-bond acceptors (Lipinski definition) is 4. The molecule has 0 aromatic heterocycles. The second-order valence-corrected chi connectivity index (χ2v) is 9.89. The van der Waals surface area contributed by atoms with Gasteiger partial charge in [0.2, 0.25) is 0 Å². The molecule has 3 fully saturated rings. The first kappa shape index (κ1) is 18.8. The predicted molar refractivity (Wildman–Crippen MR) is 96.6 cm³/mol. The summed E-state index contributed by atoms with van der Waals surface area (Å²) in [4.78, 5) is 12.1. The largest absolute Gasteiger partial charge is 0.368 e. The van der Waals surface area contributed by atoms with Gasteiger partial charge >= 0.3 is 0 Å². The summed E-state index contributed by atoms with van der Waals surface area (Å²) in [5.41, 5.74) is -0.912. The number of hydrogen-bond donors (Lipinski definition) is 0. The zero-order chi connectivity index (χ0) is 17.8. The number of fused-ring (bicyclic) bond motifs is 2. The lowest BCUT2D eigenvalue weighted by Gasteiger charge is -2.45. The minimum atomic E-state index is -0.398. The summed E-state index contributed by atoms with van der Waals surface area (Å²) >= 11 is 3.80. The number of alkyl halides is 1. The second-order valence-electron chi connectivity index (χ2n) is 8.78. The predicted octanol–water partition coefficient (Wildman–Crippen LogP) is 4.17. The van der Waals surface area contributed by atoms with Gasteiger partial charge in [-0.05, 0) is 73.1 Å². The van der Waals surface area contributed by atoms with Crippen molar-refractivity contribution in [3.8, 4) is 0 Å². The van der Waals surface area contributed by atoms with Crippen LogP contribution in [0.15, 0.2) is 0 Å². The van der Waals surface area contributed by atoms with Gasteiger partial charge in [0.05, 0.1) is 29.0 Å². The Labute approximate surface area is 154 Å². The summed E-state index contributed by atoms with van der Waals surface area (Å²) in [5.74, 6) is 0.124. The van der Waals surface area contributed by atoms with Crippen LogP contribution in [0, 0.1) is 0 Å². The van der Waals surface area contributed by atoms with Crippen LogP contribution in [0.5, 0.6) is 0 Å². The molecule has 3 aliphatic rings. The van der Waals surface area contributed by atoms with E-state index in [9.17, 15) is 4.79 Å². The standard InChI is InChI=1S/C19H31BrO4/c1-12(21)13-6-7-15-18(4,22-13)11-9-16-19(5,24-15)10-8-14(20)17(2,3)23-16/h13-16H,6-11H2,1-5H3/t13-,14-,15-,16+,18+,19-/m0/s1. The van der Waals surface area contributed by atoms with Crippen LogP contribution in [0.1, 0.15) is 73.1 Å². The van der Waals surface area contributed by atoms with E-state index in [0.29, 0.717) is 4.83 Å². The van der Waals surface area contributed by atoms with E-state index in [2.05, 4.69) is 43.6 Å². The monoisotopic (exact) mass is 402 g/mol. The molecule has 4 nitrogen and oxygen atoms in total. The fourth-order valence-electron chi connectivity index (χ4n) is 4.49. The SMILES string of the molecule is CC(=O)[C@@H]1CC[C@@H]2O[C@@]3(C)CC[C@H](Br)C(C)(C)O[C@@H]3CC[C@@]2(C)O1. The Bertz CT molecular complexity index is 508. The summed E-state index contributed by atoms with van der Waals surface area (Å²) in [6, 6.07) is 0. The highest BCUT2D eigenvalue weighted by Gasteiger charge is 2.54. The molecule has 0 aromatic rings. The molecule has 0 amide bonds. The van der Waals surface area contributed by atoms with Crippen molar-refractivity contribution in [3.05, 3.63) is 0 Å². The third-order valence-corrected chi connectivity index (χ3v) is 7.89. The van der Waals surface area contributed by atoms with Crippen molar-refractivity contribution in [2.45, 2.75) is 113 Å². The zero-order valence-electron chi connectivity index (χ0n) is 15.6. The molecule has 0 aromatic carbocycles. The molecule has 0 aliphatic carbocycles. The molecule has 138 valence electrons. The van der Waals surface area contributed by atoms with Crippen LogP contribution in [-0.2, 0) is 19.0 Å². The van der Waals surface area contributed by atoms with E-state index >= 15 is 0 Å². The number of carbonyl (C=O) groups excluding carboxylic acids is 1. The van der Waals surface area contributed by atoms with Gasteiger partial charge in [0.25, 0.3) is 0 Å². The first-order valence-corrected chi connectivity index (χ1v) is 10.2. The van der Waals surface area contributed by atoms with Gasteiger partial charge in [-0.25, -0.2) is 0 Å². The average molecular weight is 403 g/mol. The van der Waals surface area contributed by atoms with Gasteiger partial charge < -0.3 is 14.2 Å². The van der Waals surface area contributed by atoms with E-state index in [4.69, 9.17) is 14.2 Å². The number of ether oxygens (including phenoxy) is 3. The molecule has 0 saturated carbocycles. The number of carbonyl (C=O) groups is 1. The molecule has 3 aliphatic heterocycles. The number of rotatable bonds is 1. The second kappa shape index (κ2) is 6.33. The quantitative estimate of drug-likeness (QED) is 0.617. The first-order valence-electron chi connectivity index (χ1n) is 9.24. The lowest BCUT2D eigenvalue weighted by Crippen LogP contribution is -2.53. The molecule has 3 saturated heterocycles. The number of halogens is 1. The lowest BCUT2D eigenvalue weighted by molar-refractivity contribution is -0.234. The van der Waals surface area contributed by atoms with Gasteiger partial charge in [0, 0.05) is 4.83 Å². The summed E-state index contributed by atoms with van der Waals surface area (Å²) in [6.45, 7) is 10.2. The molecule has 5 heteroatoms. The van der Waals surface area contributed by atoms with Crippen LogP contribution in [0.25, 0.3) is 0 Å². The van der Waals surface area contributed by atoms with E-state index in [0.717, 1.165) is 38.5 Å². The normalized spacial score (nSPS) is 48.6. The molecule has 24 heavy (non-hydrogen) atoms. The molecule has 3 heterocycles. The topological polar surface area (TPSA) is 44.8 Å². The van der Waals surface area contributed by atoms with E-state index in [1.807, 2.05) is 0 Å². The summed E-state index contributed by atoms with van der Waals surface area (Å²) in [6.07, 6.45) is 5.20. The van der Waals surface area contributed by atoms with Crippen molar-refractivity contribution < 1.29 is 19.0 Å². The van der Waals surface area contributed by atoms with Gasteiger partial charge in [0.15, 0.2) is 5.78 Å². The lowest BCUT2D eigenvalue weighted by atomic mass is 9.85. The molecule has 0 unspecified atom stereocenters. The Hall–Kier alpha value is 0.0300. The van der Waals surface area contributed by atoms with E-state index in [-0.39, 0.29) is 35.3 Å². The van der Waals surface area contributed by atoms with Gasteiger partial charge in [-0.1, -0.05) is 15.9 Å². The Morgan fingerprint density at radius 2 is 1.46 bits per heavy atom. The van der Waals surface area contributed by atoms with Gasteiger partial charge in [0.1, 0.15) is 6.10 Å². The van der Waals surface area contributed by atoms with Gasteiger partial charge in [-0.15, -0.1) is 0 Å². The highest BCUT2D eigenvalue weighted by molar-refractivity contribution is 9.09. The maximum atomic E-state index is 11.8. The van der Waals surface area contributed by atoms with Crippen molar-refractivity contribution in [3.63, 3.8) is 0 Å². The Kier molecular flexibility index (Phi) is 4.96. The molecular formula is C19H31BrO4. The Morgan fingerprint density at radius 3 is 2.12 bits per heavy atom. The van der Waals surface area contributed by atoms with Crippen LogP contribution >= 0.6 is 15.9 Å². The summed E-state index contributed by atoms with van der Waals surface area (Å²) in [5, 5.41) is 0. The van der Waals surface area contributed by atoms with Crippen LogP contribution < -0.4 is 0 Å². The third-order valence-electron chi connectivity index (χ3n) is 6.33. The average Bonchev–Trinajstić information content (AvgIpc) is 2.65. The number of ketones is 1. The van der Waals surface area contributed by atoms with E-state index < -0.39 is 5.60 Å². The van der Waals surface area contributed by atoms with Crippen LogP contribution in [0.4, 0.5) is 0 Å². The van der Waals surface area contributed by atoms with Crippen LogP contribution in [0.2, 0.25) is 0 Å². The van der Waals surface area contributed by atoms with Crippen molar-refractivity contribution in [2.75, 3.05) is 0 Å². The van der Waals surface area contributed by atoms with Crippen LogP contribution in [0.3, 0.4) is 0 Å². The van der Waals surface area contributed by atoms with Crippen LogP contribution in [-0.4, -0.2) is 45.7 Å². The highest BCUT2D eigenvalue weighted by Crippen LogP contribution is 2.47. The van der Waals surface area contributed by atoms with Crippen molar-refractivity contribution in [1.82, 2.24) is 0 Å². The fraction of sp³-hybridized carbons (Fsp3) is 0.947. The highest BCUT2D eigenvalue weighted by atomic mass is 79.9. The molecule has 6 atom stereocenters. The molecule has 0 radical (unpaired) electrons. The molecule has 3 rings (SSSR count). The molecular weight excluding hydrogens is 372 g/mol. The van der Waals surface area contributed by atoms with Gasteiger partial charge in [-0.3, -0.25) is 4.79 Å². The maximum Gasteiger partial charge on any atom is 0.158 e. The third kappa shape index (κ3) is 3.34. The summed E-state index contributed by atoms with van der Waals surface area (Å²) in [7, 11) is 0. The molecule has 0 bridgehead atoms. The van der Waals surface area contributed by atoms with Crippen molar-refractivity contribution >= 4 is 21.7 Å². The van der Waals surface area contributed by atoms with E-state index in [1.165, 1.54) is 0 Å². The number of Topliss-reactive ketones (excluding diaryl/α,β-unsaturated/α-hetero) is 1. The Balaban J connectivity index is 1.85. The van der Waals surface area contributed by atoms with Crippen molar-refractivity contribution in [1.29, 1.82) is 0 Å². The minimum absolute atomic E-state index is 0.0293. The first-order chi connectivity index (χ1) is 11.1. The van der Waals surface area contributed by atoms with Crippen molar-refractivity contribution in [2.24, 2.45) is 0 Å². The molecule has 0 spiro atoms. The minimum Gasteiger partial charge on any atom is -0.368 e. The molecule has 0 N–H and O–H groups in total. The Morgan fingerprint density at radius 1 is 0.875 bits per heavy atom.